The first-order valence-corrected chi connectivity index (χ1v) is 14.2. The van der Waals surface area contributed by atoms with E-state index >= 15 is 0 Å². The Hall–Kier alpha value is -2.45. The maximum atomic E-state index is 13.2. The van der Waals surface area contributed by atoms with Crippen LogP contribution in [0.1, 0.15) is 73.7 Å². The largest absolute Gasteiger partial charge is 0.489 e. The number of imide groups is 1. The molecule has 0 aromatic heterocycles. The zero-order chi connectivity index (χ0) is 25.3. The van der Waals surface area contributed by atoms with Gasteiger partial charge in [0, 0.05) is 44.3 Å². The van der Waals surface area contributed by atoms with E-state index in [9.17, 15) is 14.4 Å². The van der Waals surface area contributed by atoms with E-state index in [-0.39, 0.29) is 29.7 Å². The van der Waals surface area contributed by atoms with Crippen LogP contribution in [0.5, 0.6) is 5.75 Å². The Bertz CT molecular complexity index is 1120. The molecule has 8 nitrogen and oxygen atoms in total. The lowest BCUT2D eigenvalue weighted by atomic mass is 9.63. The number of hydrogen-bond acceptors (Lipinski definition) is 6. The van der Waals surface area contributed by atoms with Gasteiger partial charge in [-0.05, 0) is 93.4 Å². The highest BCUT2D eigenvalue weighted by Gasteiger charge is 2.63. The zero-order valence-corrected chi connectivity index (χ0v) is 21.6. The SMILES string of the molecule is COC1CCC(C2CN([C@H]3CCC[C@@H]3Oc3ccc4c(c3)CN(C35CC(C3)C(=O)NC5=O)C4=O)C2)CC1. The molecule has 4 aliphatic heterocycles. The number of carbonyl (C=O) groups is 3. The van der Waals surface area contributed by atoms with Gasteiger partial charge in [0.25, 0.3) is 11.8 Å². The Labute approximate surface area is 218 Å². The fourth-order valence-electron chi connectivity index (χ4n) is 8.07. The molecule has 1 aromatic carbocycles. The molecule has 3 amide bonds. The summed E-state index contributed by atoms with van der Waals surface area (Å²) < 4.78 is 12.1. The second-order valence-electron chi connectivity index (χ2n) is 12.3. The molecule has 4 heterocycles. The summed E-state index contributed by atoms with van der Waals surface area (Å²) in [5.74, 6) is 1.66. The van der Waals surface area contributed by atoms with Crippen molar-refractivity contribution in [2.24, 2.45) is 17.8 Å². The van der Waals surface area contributed by atoms with Crippen LogP contribution in [0, 0.1) is 17.8 Å². The van der Waals surface area contributed by atoms with Crippen molar-refractivity contribution in [3.63, 3.8) is 0 Å². The molecule has 6 fully saturated rings. The average Bonchev–Trinajstić information content (AvgIpc) is 3.42. The number of nitrogens with zero attached hydrogens (tertiary/aromatic N) is 2. The summed E-state index contributed by atoms with van der Waals surface area (Å²) in [4.78, 5) is 42.1. The van der Waals surface area contributed by atoms with Crippen LogP contribution in [0.25, 0.3) is 0 Å². The summed E-state index contributed by atoms with van der Waals surface area (Å²) in [6.45, 7) is 2.77. The normalized spacial score (nSPS) is 37.7. The van der Waals surface area contributed by atoms with Crippen LogP contribution >= 0.6 is 0 Å². The fourth-order valence-corrected chi connectivity index (χ4v) is 8.07. The quantitative estimate of drug-likeness (QED) is 0.596. The fraction of sp³-hybridized carbons (Fsp3) is 0.690. The Morgan fingerprint density at radius 3 is 2.49 bits per heavy atom. The molecular weight excluding hydrogens is 470 g/mol. The molecule has 2 bridgehead atoms. The van der Waals surface area contributed by atoms with Gasteiger partial charge in [0.2, 0.25) is 5.91 Å². The summed E-state index contributed by atoms with van der Waals surface area (Å²) in [5, 5.41) is 2.45. The molecule has 3 saturated heterocycles. The molecule has 0 radical (unpaired) electrons. The predicted octanol–water partition coefficient (Wildman–Crippen LogP) is 2.88. The van der Waals surface area contributed by atoms with Crippen LogP contribution in [0.2, 0.25) is 0 Å². The lowest BCUT2D eigenvalue weighted by molar-refractivity contribution is -0.160. The van der Waals surface area contributed by atoms with Crippen LogP contribution < -0.4 is 10.1 Å². The topological polar surface area (TPSA) is 88.2 Å². The van der Waals surface area contributed by atoms with Crippen molar-refractivity contribution in [1.82, 2.24) is 15.1 Å². The van der Waals surface area contributed by atoms with E-state index in [1.54, 1.807) is 4.90 Å². The standard InChI is InChI=1S/C29H37N3O5/c1-36-21-7-5-17(6-8-21)20-14-31(15-20)24-3-2-4-25(24)37-22-9-10-23-18(11-22)16-32(27(23)34)29-12-19(13-29)26(33)30-28(29)35/h9-11,17,19-21,24-25H,2-8,12-16H2,1H3,(H,30,33,35)/t17?,19?,21?,24-,25-,29?/m0/s1. The molecule has 0 spiro atoms. The number of hydrogen-bond donors (Lipinski definition) is 1. The minimum atomic E-state index is -0.872. The smallest absolute Gasteiger partial charge is 0.255 e. The van der Waals surface area contributed by atoms with Crippen LogP contribution in [0.4, 0.5) is 0 Å². The summed E-state index contributed by atoms with van der Waals surface area (Å²) >= 11 is 0. The second kappa shape index (κ2) is 8.80. The lowest BCUT2D eigenvalue weighted by Crippen LogP contribution is -2.73. The molecule has 1 aromatic rings. The van der Waals surface area contributed by atoms with Crippen molar-refractivity contribution in [3.8, 4) is 5.75 Å². The van der Waals surface area contributed by atoms with Crippen molar-refractivity contribution >= 4 is 17.7 Å². The molecule has 2 atom stereocenters. The summed E-state index contributed by atoms with van der Waals surface area (Å²) in [5.41, 5.74) is 0.685. The molecule has 3 aliphatic carbocycles. The number of rotatable bonds is 6. The molecule has 198 valence electrons. The van der Waals surface area contributed by atoms with Crippen molar-refractivity contribution in [2.45, 2.75) is 88.1 Å². The van der Waals surface area contributed by atoms with Crippen LogP contribution in [-0.2, 0) is 20.9 Å². The number of amides is 3. The third-order valence-electron chi connectivity index (χ3n) is 10.4. The van der Waals surface area contributed by atoms with Gasteiger partial charge in [-0.15, -0.1) is 0 Å². The number of fused-ring (bicyclic) bond motifs is 3. The van der Waals surface area contributed by atoms with Gasteiger partial charge in [-0.1, -0.05) is 0 Å². The Morgan fingerprint density at radius 1 is 0.973 bits per heavy atom. The third-order valence-corrected chi connectivity index (χ3v) is 10.4. The van der Waals surface area contributed by atoms with E-state index in [0.717, 1.165) is 29.6 Å². The van der Waals surface area contributed by atoms with Gasteiger partial charge in [0.05, 0.1) is 6.10 Å². The van der Waals surface area contributed by atoms with Crippen molar-refractivity contribution in [1.29, 1.82) is 0 Å². The number of carbonyl (C=O) groups excluding carboxylic acids is 3. The number of nitrogens with one attached hydrogen (secondary N) is 1. The minimum Gasteiger partial charge on any atom is -0.489 e. The summed E-state index contributed by atoms with van der Waals surface area (Å²) in [6, 6.07) is 6.22. The van der Waals surface area contributed by atoms with Gasteiger partial charge in [0.15, 0.2) is 0 Å². The molecule has 7 aliphatic rings. The van der Waals surface area contributed by atoms with Crippen LogP contribution in [0.3, 0.4) is 0 Å². The molecule has 37 heavy (non-hydrogen) atoms. The van der Waals surface area contributed by atoms with Crippen molar-refractivity contribution in [3.05, 3.63) is 29.3 Å². The van der Waals surface area contributed by atoms with Gasteiger partial charge >= 0.3 is 0 Å². The van der Waals surface area contributed by atoms with E-state index < -0.39 is 5.54 Å². The molecule has 0 unspecified atom stereocenters. The monoisotopic (exact) mass is 507 g/mol. The lowest BCUT2D eigenvalue weighted by Gasteiger charge is -2.53. The highest BCUT2D eigenvalue weighted by atomic mass is 16.5. The molecule has 1 N–H and O–H groups in total. The first-order chi connectivity index (χ1) is 17.9. The number of piperidine rings is 2. The molecule has 8 rings (SSSR count). The number of benzene rings is 1. The van der Waals surface area contributed by atoms with Crippen molar-refractivity contribution in [2.75, 3.05) is 20.2 Å². The van der Waals surface area contributed by atoms with Crippen LogP contribution in [0.15, 0.2) is 18.2 Å². The highest BCUT2D eigenvalue weighted by molar-refractivity contribution is 6.10. The first kappa shape index (κ1) is 23.7. The number of methoxy groups -OCH3 is 1. The molecular formula is C29H37N3O5. The van der Waals surface area contributed by atoms with Gasteiger partial charge in [-0.2, -0.15) is 0 Å². The second-order valence-corrected chi connectivity index (χ2v) is 12.3. The Kier molecular flexibility index (Phi) is 5.63. The summed E-state index contributed by atoms with van der Waals surface area (Å²) in [6.07, 6.45) is 9.95. The Balaban J connectivity index is 0.980. The molecule has 3 saturated carbocycles. The van der Waals surface area contributed by atoms with Gasteiger partial charge in [0.1, 0.15) is 17.4 Å². The Morgan fingerprint density at radius 2 is 1.76 bits per heavy atom. The zero-order valence-electron chi connectivity index (χ0n) is 21.6. The summed E-state index contributed by atoms with van der Waals surface area (Å²) in [7, 11) is 1.84. The van der Waals surface area contributed by atoms with E-state index in [1.165, 1.54) is 51.6 Å². The van der Waals surface area contributed by atoms with E-state index in [0.29, 0.717) is 37.1 Å². The average molecular weight is 508 g/mol. The predicted molar refractivity (Wildman–Crippen MR) is 135 cm³/mol. The number of likely N-dealkylation sites (tertiary alicyclic amines) is 1. The minimum absolute atomic E-state index is 0.116. The third kappa shape index (κ3) is 3.74. The van der Waals surface area contributed by atoms with E-state index in [4.69, 9.17) is 9.47 Å². The van der Waals surface area contributed by atoms with Gasteiger partial charge in [-0.3, -0.25) is 24.6 Å². The first-order valence-electron chi connectivity index (χ1n) is 14.2. The maximum absolute atomic E-state index is 13.2. The van der Waals surface area contributed by atoms with Crippen molar-refractivity contribution < 1.29 is 23.9 Å². The van der Waals surface area contributed by atoms with E-state index in [2.05, 4.69) is 10.2 Å². The highest BCUT2D eigenvalue weighted by Crippen LogP contribution is 2.49. The van der Waals surface area contributed by atoms with Crippen LogP contribution in [-0.4, -0.2) is 71.5 Å². The maximum Gasteiger partial charge on any atom is 0.255 e. The van der Waals surface area contributed by atoms with Gasteiger partial charge < -0.3 is 14.4 Å². The van der Waals surface area contributed by atoms with Gasteiger partial charge in [-0.25, -0.2) is 0 Å². The number of ether oxygens (including phenoxy) is 2. The molecule has 8 heteroatoms. The van der Waals surface area contributed by atoms with E-state index in [1.807, 2.05) is 25.3 Å².